The summed E-state index contributed by atoms with van der Waals surface area (Å²) in [6.07, 6.45) is 0.664. The topological polar surface area (TPSA) is 74.6 Å². The highest BCUT2D eigenvalue weighted by Crippen LogP contribution is 2.26. The Kier molecular flexibility index (Phi) is 4.84. The Balaban J connectivity index is 2.34. The van der Waals surface area contributed by atoms with Gasteiger partial charge in [0.2, 0.25) is 0 Å². The number of aryl methyl sites for hydroxylation is 2. The molecule has 2 N–H and O–H groups in total. The number of rotatable bonds is 5. The van der Waals surface area contributed by atoms with Gasteiger partial charge >= 0.3 is 11.9 Å². The van der Waals surface area contributed by atoms with Crippen LogP contribution in [0, 0.1) is 13.8 Å². The van der Waals surface area contributed by atoms with Crippen molar-refractivity contribution in [3.8, 4) is 0 Å². The predicted molar refractivity (Wildman–Crippen MR) is 88.4 cm³/mol. The summed E-state index contributed by atoms with van der Waals surface area (Å²) < 4.78 is 0. The first kappa shape index (κ1) is 16.7. The molecule has 1 unspecified atom stereocenters. The summed E-state index contributed by atoms with van der Waals surface area (Å²) >= 11 is 0. The number of carbonyl (C=O) groups is 2. The van der Waals surface area contributed by atoms with Crippen molar-refractivity contribution in [3.63, 3.8) is 0 Å². The van der Waals surface area contributed by atoms with E-state index in [9.17, 15) is 9.59 Å². The van der Waals surface area contributed by atoms with E-state index >= 15 is 0 Å². The maximum absolute atomic E-state index is 11.2. The number of benzene rings is 2. The molecule has 0 aliphatic carbocycles. The highest BCUT2D eigenvalue weighted by atomic mass is 16.4. The standard InChI is InChI=1S/C19H20O4/c1-11-4-6-14(18(20)21)9-16(11)8-13(3)17-10-15(19(22)23)7-5-12(17)2/h4-7,9-10,13H,8H2,1-3H3,(H,20,21)(H,22,23). The zero-order valence-corrected chi connectivity index (χ0v) is 13.5. The lowest BCUT2D eigenvalue weighted by atomic mass is 9.87. The van der Waals surface area contributed by atoms with Crippen LogP contribution >= 0.6 is 0 Å². The Morgan fingerprint density at radius 1 is 0.913 bits per heavy atom. The molecule has 0 heterocycles. The molecule has 120 valence electrons. The lowest BCUT2D eigenvalue weighted by Crippen LogP contribution is -2.06. The number of hydrogen-bond donors (Lipinski definition) is 2. The molecule has 0 spiro atoms. The fourth-order valence-corrected chi connectivity index (χ4v) is 2.77. The van der Waals surface area contributed by atoms with Gasteiger partial charge in [-0.15, -0.1) is 0 Å². The first-order valence-electron chi connectivity index (χ1n) is 7.46. The van der Waals surface area contributed by atoms with Gasteiger partial charge < -0.3 is 10.2 Å². The Morgan fingerprint density at radius 2 is 1.43 bits per heavy atom. The summed E-state index contributed by atoms with van der Waals surface area (Å²) in [4.78, 5) is 22.3. The van der Waals surface area contributed by atoms with Gasteiger partial charge in [-0.05, 0) is 72.7 Å². The van der Waals surface area contributed by atoms with Crippen LogP contribution in [0.2, 0.25) is 0 Å². The van der Waals surface area contributed by atoms with Crippen LogP contribution in [0.4, 0.5) is 0 Å². The zero-order valence-electron chi connectivity index (χ0n) is 13.5. The Labute approximate surface area is 135 Å². The van der Waals surface area contributed by atoms with Crippen LogP contribution in [-0.4, -0.2) is 22.2 Å². The van der Waals surface area contributed by atoms with Crippen molar-refractivity contribution in [2.24, 2.45) is 0 Å². The lowest BCUT2D eigenvalue weighted by Gasteiger charge is -2.17. The molecule has 4 heteroatoms. The van der Waals surface area contributed by atoms with Gasteiger partial charge in [0, 0.05) is 0 Å². The van der Waals surface area contributed by atoms with E-state index < -0.39 is 11.9 Å². The van der Waals surface area contributed by atoms with Crippen LogP contribution in [-0.2, 0) is 6.42 Å². The molecule has 1 atom stereocenters. The Bertz CT molecular complexity index is 762. The number of hydrogen-bond acceptors (Lipinski definition) is 2. The quantitative estimate of drug-likeness (QED) is 0.873. The number of carboxylic acids is 2. The van der Waals surface area contributed by atoms with Crippen molar-refractivity contribution in [3.05, 3.63) is 69.8 Å². The van der Waals surface area contributed by atoms with Crippen LogP contribution in [0.5, 0.6) is 0 Å². The van der Waals surface area contributed by atoms with Crippen LogP contribution in [0.15, 0.2) is 36.4 Å². The molecular weight excluding hydrogens is 292 g/mol. The number of aromatic carboxylic acids is 2. The monoisotopic (exact) mass is 312 g/mol. The molecule has 4 nitrogen and oxygen atoms in total. The fraction of sp³-hybridized carbons (Fsp3) is 0.263. The van der Waals surface area contributed by atoms with Crippen molar-refractivity contribution in [1.82, 2.24) is 0 Å². The average molecular weight is 312 g/mol. The summed E-state index contributed by atoms with van der Waals surface area (Å²) in [6, 6.07) is 10.2. The highest BCUT2D eigenvalue weighted by Gasteiger charge is 2.15. The molecule has 0 saturated carbocycles. The van der Waals surface area contributed by atoms with E-state index in [-0.39, 0.29) is 17.0 Å². The fourth-order valence-electron chi connectivity index (χ4n) is 2.77. The maximum Gasteiger partial charge on any atom is 0.335 e. The van der Waals surface area contributed by atoms with Gasteiger partial charge in [0.25, 0.3) is 0 Å². The first-order chi connectivity index (χ1) is 10.8. The maximum atomic E-state index is 11.2. The SMILES string of the molecule is Cc1ccc(C(=O)O)cc1CC(C)c1cc(C(=O)O)ccc1C. The van der Waals surface area contributed by atoms with Crippen molar-refractivity contribution >= 4 is 11.9 Å². The van der Waals surface area contributed by atoms with Crippen LogP contribution in [0.3, 0.4) is 0 Å². The molecule has 2 aromatic carbocycles. The van der Waals surface area contributed by atoms with Gasteiger partial charge in [-0.1, -0.05) is 19.1 Å². The third kappa shape index (κ3) is 3.77. The van der Waals surface area contributed by atoms with Crippen LogP contribution in [0.25, 0.3) is 0 Å². The van der Waals surface area contributed by atoms with Gasteiger partial charge in [-0.25, -0.2) is 9.59 Å². The van der Waals surface area contributed by atoms with Crippen molar-refractivity contribution < 1.29 is 19.8 Å². The molecule has 0 aliphatic rings. The minimum Gasteiger partial charge on any atom is -0.478 e. The molecule has 0 fully saturated rings. The molecule has 0 bridgehead atoms. The van der Waals surface area contributed by atoms with E-state index in [0.29, 0.717) is 6.42 Å². The summed E-state index contributed by atoms with van der Waals surface area (Å²) in [7, 11) is 0. The summed E-state index contributed by atoms with van der Waals surface area (Å²) in [5.74, 6) is -1.79. The largest absolute Gasteiger partial charge is 0.478 e. The molecule has 0 radical (unpaired) electrons. The molecule has 0 saturated heterocycles. The van der Waals surface area contributed by atoms with Crippen LogP contribution in [0.1, 0.15) is 55.8 Å². The number of carboxylic acid groups (broad SMARTS) is 2. The van der Waals surface area contributed by atoms with E-state index in [1.165, 1.54) is 0 Å². The predicted octanol–water partition coefficient (Wildman–Crippen LogP) is 4.05. The molecular formula is C19H20O4. The molecule has 23 heavy (non-hydrogen) atoms. The van der Waals surface area contributed by atoms with Gasteiger partial charge in [-0.2, -0.15) is 0 Å². The lowest BCUT2D eigenvalue weighted by molar-refractivity contribution is 0.0686. The summed E-state index contributed by atoms with van der Waals surface area (Å²) in [6.45, 7) is 5.94. The summed E-state index contributed by atoms with van der Waals surface area (Å²) in [5, 5.41) is 18.3. The van der Waals surface area contributed by atoms with E-state index in [1.54, 1.807) is 24.3 Å². The third-order valence-electron chi connectivity index (χ3n) is 4.18. The second kappa shape index (κ2) is 6.65. The normalized spacial score (nSPS) is 12.0. The van der Waals surface area contributed by atoms with Crippen molar-refractivity contribution in [2.45, 2.75) is 33.1 Å². The first-order valence-corrected chi connectivity index (χ1v) is 7.46. The zero-order chi connectivity index (χ0) is 17.1. The van der Waals surface area contributed by atoms with Gasteiger partial charge in [0.05, 0.1) is 11.1 Å². The minimum atomic E-state index is -0.942. The minimum absolute atomic E-state index is 0.0945. The third-order valence-corrected chi connectivity index (χ3v) is 4.18. The van der Waals surface area contributed by atoms with Gasteiger partial charge in [0.15, 0.2) is 0 Å². The Morgan fingerprint density at radius 3 is 2.00 bits per heavy atom. The summed E-state index contributed by atoms with van der Waals surface area (Å²) in [5.41, 5.74) is 4.56. The molecule has 2 aromatic rings. The van der Waals surface area contributed by atoms with Crippen LogP contribution < -0.4 is 0 Å². The average Bonchev–Trinajstić information content (AvgIpc) is 2.49. The van der Waals surface area contributed by atoms with E-state index in [2.05, 4.69) is 0 Å². The van der Waals surface area contributed by atoms with Crippen molar-refractivity contribution in [2.75, 3.05) is 0 Å². The second-order valence-electron chi connectivity index (χ2n) is 5.93. The van der Waals surface area contributed by atoms with E-state index in [4.69, 9.17) is 10.2 Å². The second-order valence-corrected chi connectivity index (χ2v) is 5.93. The molecule has 2 rings (SSSR count). The van der Waals surface area contributed by atoms with Gasteiger partial charge in [-0.3, -0.25) is 0 Å². The molecule has 0 aliphatic heterocycles. The van der Waals surface area contributed by atoms with E-state index in [0.717, 1.165) is 22.3 Å². The van der Waals surface area contributed by atoms with E-state index in [1.807, 2.05) is 32.9 Å². The molecule has 0 aromatic heterocycles. The smallest absolute Gasteiger partial charge is 0.335 e. The van der Waals surface area contributed by atoms with Crippen molar-refractivity contribution in [1.29, 1.82) is 0 Å². The molecule has 0 amide bonds. The highest BCUT2D eigenvalue weighted by molar-refractivity contribution is 5.88. The Hall–Kier alpha value is -2.62. The van der Waals surface area contributed by atoms with Gasteiger partial charge in [0.1, 0.15) is 0 Å².